The van der Waals surface area contributed by atoms with Gasteiger partial charge in [-0.25, -0.2) is 14.6 Å². The first-order chi connectivity index (χ1) is 9.56. The number of aliphatic carboxylic acids is 1. The SMILES string of the molecule is O=C(NCC[C@H](O)C(=O)O)Nc1nc2c(s1)CCCC2. The number of aliphatic hydroxyl groups excluding tert-OH is 1. The largest absolute Gasteiger partial charge is 0.479 e. The van der Waals surface area contributed by atoms with Crippen molar-refractivity contribution >= 4 is 28.5 Å². The molecule has 20 heavy (non-hydrogen) atoms. The van der Waals surface area contributed by atoms with Gasteiger partial charge in [0.25, 0.3) is 0 Å². The maximum absolute atomic E-state index is 11.6. The standard InChI is InChI=1S/C12H17N3O4S/c16-8(10(17)18)5-6-13-11(19)15-12-14-7-3-1-2-4-9(7)20-12/h8,16H,1-6H2,(H,17,18)(H2,13,14,15,19)/t8-/m0/s1. The fraction of sp³-hybridized carbons (Fsp3) is 0.583. The number of aryl methyl sites for hydroxylation is 2. The predicted molar refractivity (Wildman–Crippen MR) is 74.0 cm³/mol. The Labute approximate surface area is 120 Å². The van der Waals surface area contributed by atoms with Crippen molar-refractivity contribution in [2.45, 2.75) is 38.2 Å². The molecule has 8 heteroatoms. The van der Waals surface area contributed by atoms with Gasteiger partial charge in [-0.05, 0) is 25.7 Å². The molecule has 1 aliphatic rings. The van der Waals surface area contributed by atoms with Crippen molar-refractivity contribution < 1.29 is 19.8 Å². The van der Waals surface area contributed by atoms with Crippen molar-refractivity contribution in [3.05, 3.63) is 10.6 Å². The highest BCUT2D eigenvalue weighted by Gasteiger charge is 2.17. The monoisotopic (exact) mass is 299 g/mol. The molecule has 1 atom stereocenters. The van der Waals surface area contributed by atoms with Gasteiger partial charge in [0.1, 0.15) is 0 Å². The number of hydrogen-bond acceptors (Lipinski definition) is 5. The molecule has 0 aliphatic heterocycles. The summed E-state index contributed by atoms with van der Waals surface area (Å²) >= 11 is 1.48. The molecular formula is C12H17N3O4S. The van der Waals surface area contributed by atoms with Crippen molar-refractivity contribution in [1.29, 1.82) is 0 Å². The van der Waals surface area contributed by atoms with Gasteiger partial charge >= 0.3 is 12.0 Å². The minimum absolute atomic E-state index is 0.0306. The summed E-state index contributed by atoms with van der Waals surface area (Å²) < 4.78 is 0. The number of carbonyl (C=O) groups is 2. The molecule has 0 radical (unpaired) electrons. The lowest BCUT2D eigenvalue weighted by molar-refractivity contribution is -0.146. The molecule has 4 N–H and O–H groups in total. The van der Waals surface area contributed by atoms with E-state index in [0.29, 0.717) is 5.13 Å². The van der Waals surface area contributed by atoms with Crippen molar-refractivity contribution in [1.82, 2.24) is 10.3 Å². The van der Waals surface area contributed by atoms with Gasteiger partial charge in [-0.3, -0.25) is 5.32 Å². The van der Waals surface area contributed by atoms with E-state index >= 15 is 0 Å². The van der Waals surface area contributed by atoms with Crippen LogP contribution in [0, 0.1) is 0 Å². The maximum Gasteiger partial charge on any atom is 0.332 e. The van der Waals surface area contributed by atoms with Crippen LogP contribution in [0.25, 0.3) is 0 Å². The van der Waals surface area contributed by atoms with E-state index in [-0.39, 0.29) is 13.0 Å². The number of carboxylic acids is 1. The van der Waals surface area contributed by atoms with Gasteiger partial charge in [-0.2, -0.15) is 0 Å². The highest BCUT2D eigenvalue weighted by atomic mass is 32.1. The second-order valence-corrected chi connectivity index (χ2v) is 5.70. The number of urea groups is 1. The molecule has 2 rings (SSSR count). The molecule has 0 saturated carbocycles. The Morgan fingerprint density at radius 2 is 2.10 bits per heavy atom. The zero-order valence-electron chi connectivity index (χ0n) is 10.9. The second kappa shape index (κ2) is 6.67. The van der Waals surface area contributed by atoms with Crippen LogP contribution in [-0.2, 0) is 17.6 Å². The second-order valence-electron chi connectivity index (χ2n) is 4.62. The molecule has 110 valence electrons. The number of thiazole rings is 1. The topological polar surface area (TPSA) is 112 Å². The number of aliphatic hydroxyl groups is 1. The van der Waals surface area contributed by atoms with Gasteiger partial charge in [-0.1, -0.05) is 0 Å². The average molecular weight is 299 g/mol. The minimum Gasteiger partial charge on any atom is -0.479 e. The number of nitrogens with zero attached hydrogens (tertiary/aromatic N) is 1. The Kier molecular flexibility index (Phi) is 4.91. The van der Waals surface area contributed by atoms with Gasteiger partial charge in [-0.15, -0.1) is 11.3 Å². The van der Waals surface area contributed by atoms with Crippen molar-refractivity contribution in [2.75, 3.05) is 11.9 Å². The lowest BCUT2D eigenvalue weighted by atomic mass is 10.0. The third kappa shape index (κ3) is 3.91. The molecular weight excluding hydrogens is 282 g/mol. The number of amides is 2. The highest BCUT2D eigenvalue weighted by Crippen LogP contribution is 2.29. The fourth-order valence-electron chi connectivity index (χ4n) is 1.99. The Hall–Kier alpha value is -1.67. The fourth-order valence-corrected chi connectivity index (χ4v) is 3.04. The van der Waals surface area contributed by atoms with E-state index < -0.39 is 18.1 Å². The summed E-state index contributed by atoms with van der Waals surface area (Å²) in [6.45, 7) is 0.0877. The Bertz CT molecular complexity index is 479. The van der Waals surface area contributed by atoms with E-state index in [4.69, 9.17) is 10.2 Å². The molecule has 1 aliphatic carbocycles. The summed E-state index contributed by atoms with van der Waals surface area (Å²) in [7, 11) is 0. The molecule has 2 amide bonds. The van der Waals surface area contributed by atoms with E-state index in [9.17, 15) is 9.59 Å². The zero-order chi connectivity index (χ0) is 14.5. The molecule has 7 nitrogen and oxygen atoms in total. The van der Waals surface area contributed by atoms with Crippen molar-refractivity contribution in [3.63, 3.8) is 0 Å². The van der Waals surface area contributed by atoms with E-state index in [1.165, 1.54) is 16.2 Å². The first-order valence-corrected chi connectivity index (χ1v) is 7.32. The summed E-state index contributed by atoms with van der Waals surface area (Å²) in [4.78, 5) is 27.6. The summed E-state index contributed by atoms with van der Waals surface area (Å²) in [6.07, 6.45) is 2.78. The van der Waals surface area contributed by atoms with Crippen LogP contribution in [0.3, 0.4) is 0 Å². The molecule has 0 aromatic carbocycles. The number of hydrogen-bond donors (Lipinski definition) is 4. The first kappa shape index (κ1) is 14.7. The molecule has 0 fully saturated rings. The van der Waals surface area contributed by atoms with Crippen LogP contribution >= 0.6 is 11.3 Å². The van der Waals surface area contributed by atoms with Gasteiger partial charge in [0.05, 0.1) is 5.69 Å². The summed E-state index contributed by atoms with van der Waals surface area (Å²) in [6, 6.07) is -0.436. The average Bonchev–Trinajstić information content (AvgIpc) is 2.80. The van der Waals surface area contributed by atoms with Crippen LogP contribution in [0.4, 0.5) is 9.93 Å². The van der Waals surface area contributed by atoms with Crippen molar-refractivity contribution in [3.8, 4) is 0 Å². The normalized spacial score (nSPS) is 15.2. The number of anilines is 1. The van der Waals surface area contributed by atoms with Crippen LogP contribution in [0.5, 0.6) is 0 Å². The predicted octanol–water partition coefficient (Wildman–Crippen LogP) is 0.979. The van der Waals surface area contributed by atoms with E-state index in [1.807, 2.05) is 0 Å². The lowest BCUT2D eigenvalue weighted by Crippen LogP contribution is -2.33. The smallest absolute Gasteiger partial charge is 0.332 e. The van der Waals surface area contributed by atoms with Gasteiger partial charge in [0, 0.05) is 17.8 Å². The summed E-state index contributed by atoms with van der Waals surface area (Å²) in [5, 5.41) is 23.2. The summed E-state index contributed by atoms with van der Waals surface area (Å²) in [5.41, 5.74) is 1.07. The van der Waals surface area contributed by atoms with Gasteiger partial charge in [0.2, 0.25) is 0 Å². The van der Waals surface area contributed by atoms with Crippen molar-refractivity contribution in [2.24, 2.45) is 0 Å². The quantitative estimate of drug-likeness (QED) is 0.647. The Morgan fingerprint density at radius 1 is 1.35 bits per heavy atom. The number of carbonyl (C=O) groups excluding carboxylic acids is 1. The highest BCUT2D eigenvalue weighted by molar-refractivity contribution is 7.15. The number of rotatable bonds is 5. The molecule has 0 saturated heterocycles. The van der Waals surface area contributed by atoms with Crippen LogP contribution in [0.1, 0.15) is 29.8 Å². The molecule has 0 spiro atoms. The van der Waals surface area contributed by atoms with E-state index in [0.717, 1.165) is 31.4 Å². The van der Waals surface area contributed by atoms with Gasteiger partial charge in [0.15, 0.2) is 11.2 Å². The minimum atomic E-state index is -1.46. The molecule has 0 bridgehead atoms. The Balaban J connectivity index is 1.77. The number of aromatic nitrogens is 1. The van der Waals surface area contributed by atoms with E-state index in [1.54, 1.807) is 0 Å². The number of fused-ring (bicyclic) bond motifs is 1. The molecule has 1 heterocycles. The number of nitrogens with one attached hydrogen (secondary N) is 2. The summed E-state index contributed by atoms with van der Waals surface area (Å²) in [5.74, 6) is -1.29. The first-order valence-electron chi connectivity index (χ1n) is 6.50. The van der Waals surface area contributed by atoms with Gasteiger partial charge < -0.3 is 15.5 Å². The lowest BCUT2D eigenvalue weighted by Gasteiger charge is -2.07. The van der Waals surface area contributed by atoms with Crippen LogP contribution in [0.15, 0.2) is 0 Å². The molecule has 0 unspecified atom stereocenters. The molecule has 1 aromatic heterocycles. The third-order valence-corrected chi connectivity index (χ3v) is 4.13. The van der Waals surface area contributed by atoms with E-state index in [2.05, 4.69) is 15.6 Å². The Morgan fingerprint density at radius 3 is 2.80 bits per heavy atom. The zero-order valence-corrected chi connectivity index (χ0v) is 11.7. The van der Waals surface area contributed by atoms with Crippen LogP contribution < -0.4 is 10.6 Å². The number of carboxylic acid groups (broad SMARTS) is 1. The molecule has 1 aromatic rings. The van der Waals surface area contributed by atoms with Crippen LogP contribution in [-0.4, -0.2) is 39.8 Å². The van der Waals surface area contributed by atoms with Crippen LogP contribution in [0.2, 0.25) is 0 Å². The maximum atomic E-state index is 11.6. The third-order valence-electron chi connectivity index (χ3n) is 3.05.